The van der Waals surface area contributed by atoms with Gasteiger partial charge in [0.2, 0.25) is 0 Å². The van der Waals surface area contributed by atoms with E-state index >= 15 is 0 Å². The molecule has 144 valence electrons. The molecule has 0 bridgehead atoms. The minimum atomic E-state index is -3.88. The van der Waals surface area contributed by atoms with Crippen molar-refractivity contribution in [1.82, 2.24) is 5.32 Å². The van der Waals surface area contributed by atoms with Crippen molar-refractivity contribution in [3.05, 3.63) is 35.9 Å². The Morgan fingerprint density at radius 1 is 0.800 bits per heavy atom. The van der Waals surface area contributed by atoms with E-state index in [0.717, 1.165) is 13.0 Å². The van der Waals surface area contributed by atoms with Gasteiger partial charge in [-0.2, -0.15) is 8.42 Å². The second-order valence-electron chi connectivity index (χ2n) is 6.42. The van der Waals surface area contributed by atoms with Gasteiger partial charge in [0.05, 0.1) is 0 Å². The Balaban J connectivity index is 1.75. The summed E-state index contributed by atoms with van der Waals surface area (Å²) in [6, 6.07) is 10.7. The summed E-state index contributed by atoms with van der Waals surface area (Å²) in [4.78, 5) is 0. The standard InChI is InChI=1S/C19H33NO3S2/c21-25(22,23)24-18-17-20-16-12-7-5-3-1-2-4-6-9-13-19-14-10-8-11-15-19/h8,10-11,14-15,20H,1-7,9,12-13,16-18H2,(H,21,22,23). The fourth-order valence-corrected chi connectivity index (χ4v) is 4.13. The highest BCUT2D eigenvalue weighted by Gasteiger charge is 2.03. The first kappa shape index (κ1) is 22.5. The van der Waals surface area contributed by atoms with Gasteiger partial charge in [-0.25, -0.2) is 0 Å². The minimum Gasteiger partial charge on any atom is -0.316 e. The quantitative estimate of drug-likeness (QED) is 0.241. The van der Waals surface area contributed by atoms with E-state index in [1.54, 1.807) is 0 Å². The van der Waals surface area contributed by atoms with Crippen LogP contribution >= 0.6 is 10.8 Å². The van der Waals surface area contributed by atoms with Gasteiger partial charge < -0.3 is 5.32 Å². The molecule has 25 heavy (non-hydrogen) atoms. The van der Waals surface area contributed by atoms with Gasteiger partial charge in [0.1, 0.15) is 0 Å². The van der Waals surface area contributed by atoms with E-state index in [2.05, 4.69) is 35.6 Å². The van der Waals surface area contributed by atoms with Crippen LogP contribution in [0.2, 0.25) is 0 Å². The molecule has 0 aliphatic carbocycles. The topological polar surface area (TPSA) is 66.4 Å². The molecule has 1 rings (SSSR count). The van der Waals surface area contributed by atoms with Gasteiger partial charge in [-0.05, 0) is 42.2 Å². The SMILES string of the molecule is O=S(=O)(O)SCCNCCCCCCCCCCCc1ccccc1. The van der Waals surface area contributed by atoms with Crippen LogP contribution in [0, 0.1) is 0 Å². The van der Waals surface area contributed by atoms with Crippen LogP contribution in [0.3, 0.4) is 0 Å². The monoisotopic (exact) mass is 387 g/mol. The zero-order chi connectivity index (χ0) is 18.2. The summed E-state index contributed by atoms with van der Waals surface area (Å²) in [6.07, 6.45) is 12.8. The Hall–Kier alpha value is -0.560. The highest BCUT2D eigenvalue weighted by molar-refractivity contribution is 8.69. The average Bonchev–Trinajstić information content (AvgIpc) is 2.58. The lowest BCUT2D eigenvalue weighted by molar-refractivity contribution is 0.503. The smallest absolute Gasteiger partial charge is 0.316 e. The predicted octanol–water partition coefficient (Wildman–Crippen LogP) is 4.87. The van der Waals surface area contributed by atoms with Gasteiger partial charge in [0.25, 0.3) is 0 Å². The van der Waals surface area contributed by atoms with E-state index < -0.39 is 9.15 Å². The molecule has 1 aromatic rings. The van der Waals surface area contributed by atoms with Crippen molar-refractivity contribution < 1.29 is 13.0 Å². The summed E-state index contributed by atoms with van der Waals surface area (Å²) in [5.74, 6) is 0.392. The van der Waals surface area contributed by atoms with Crippen molar-refractivity contribution in [3.8, 4) is 0 Å². The molecule has 0 amide bonds. The first-order chi connectivity index (χ1) is 12.1. The van der Waals surface area contributed by atoms with Gasteiger partial charge in [-0.1, -0.05) is 75.3 Å². The Kier molecular flexibility index (Phi) is 13.1. The third kappa shape index (κ3) is 15.4. The highest BCUT2D eigenvalue weighted by atomic mass is 33.1. The molecule has 0 unspecified atom stereocenters. The van der Waals surface area contributed by atoms with Gasteiger partial charge in [-0.15, -0.1) is 0 Å². The average molecular weight is 388 g/mol. The van der Waals surface area contributed by atoms with Crippen LogP contribution in [0.15, 0.2) is 30.3 Å². The van der Waals surface area contributed by atoms with Gasteiger partial charge in [0, 0.05) is 12.3 Å². The summed E-state index contributed by atoms with van der Waals surface area (Å²) >= 11 is 0. The van der Waals surface area contributed by atoms with Crippen LogP contribution in [0.5, 0.6) is 0 Å². The summed E-state index contributed by atoms with van der Waals surface area (Å²) in [5, 5.41) is 3.20. The number of benzene rings is 1. The molecule has 0 radical (unpaired) electrons. The number of unbranched alkanes of at least 4 members (excludes halogenated alkanes) is 8. The van der Waals surface area contributed by atoms with Crippen molar-refractivity contribution in [2.24, 2.45) is 0 Å². The summed E-state index contributed by atoms with van der Waals surface area (Å²) in [6.45, 7) is 1.54. The van der Waals surface area contributed by atoms with Crippen molar-refractivity contribution in [3.63, 3.8) is 0 Å². The van der Waals surface area contributed by atoms with Crippen LogP contribution in [0.4, 0.5) is 0 Å². The molecule has 0 atom stereocenters. The summed E-state index contributed by atoms with van der Waals surface area (Å²) < 4.78 is 29.6. The van der Waals surface area contributed by atoms with Crippen LogP contribution in [-0.4, -0.2) is 31.8 Å². The second kappa shape index (κ2) is 14.6. The lowest BCUT2D eigenvalue weighted by atomic mass is 10.0. The molecule has 2 N–H and O–H groups in total. The van der Waals surface area contributed by atoms with Gasteiger partial charge in [0.15, 0.2) is 0 Å². The van der Waals surface area contributed by atoms with Crippen LogP contribution in [-0.2, 0) is 15.6 Å². The van der Waals surface area contributed by atoms with E-state index in [0.29, 0.717) is 23.1 Å². The Labute approximate surface area is 157 Å². The van der Waals surface area contributed by atoms with Crippen LogP contribution in [0.25, 0.3) is 0 Å². The molecule has 0 aliphatic heterocycles. The predicted molar refractivity (Wildman–Crippen MR) is 109 cm³/mol. The molecule has 0 heterocycles. The number of rotatable bonds is 16. The third-order valence-electron chi connectivity index (χ3n) is 4.17. The maximum Gasteiger partial charge on any atom is 0.319 e. The Bertz CT molecular complexity index is 521. The Morgan fingerprint density at radius 2 is 1.36 bits per heavy atom. The first-order valence-corrected chi connectivity index (χ1v) is 12.4. The van der Waals surface area contributed by atoms with E-state index in [4.69, 9.17) is 4.55 Å². The minimum absolute atomic E-state index is 0.392. The van der Waals surface area contributed by atoms with Crippen molar-refractivity contribution >= 4 is 19.9 Å². The lowest BCUT2D eigenvalue weighted by Gasteiger charge is -2.04. The number of aryl methyl sites for hydroxylation is 1. The van der Waals surface area contributed by atoms with Gasteiger partial charge >= 0.3 is 9.15 Å². The third-order valence-corrected chi connectivity index (χ3v) is 6.24. The molecule has 1 aromatic carbocycles. The fourth-order valence-electron chi connectivity index (χ4n) is 2.81. The molecule has 0 aliphatic rings. The molecular formula is C19H33NO3S2. The molecular weight excluding hydrogens is 354 g/mol. The van der Waals surface area contributed by atoms with Crippen molar-refractivity contribution in [1.29, 1.82) is 0 Å². The van der Waals surface area contributed by atoms with Crippen LogP contribution < -0.4 is 5.32 Å². The maximum atomic E-state index is 10.5. The molecule has 0 fully saturated rings. The zero-order valence-corrected chi connectivity index (χ0v) is 16.8. The first-order valence-electron chi connectivity index (χ1n) is 9.44. The van der Waals surface area contributed by atoms with E-state index in [1.807, 2.05) is 0 Å². The lowest BCUT2D eigenvalue weighted by Crippen LogP contribution is -2.18. The molecule has 0 aromatic heterocycles. The highest BCUT2D eigenvalue weighted by Crippen LogP contribution is 2.12. The number of hydrogen-bond acceptors (Lipinski definition) is 4. The van der Waals surface area contributed by atoms with Crippen molar-refractivity contribution in [2.75, 3.05) is 18.8 Å². The van der Waals surface area contributed by atoms with Crippen LogP contribution in [0.1, 0.15) is 63.4 Å². The number of hydrogen-bond donors (Lipinski definition) is 2. The Morgan fingerprint density at radius 3 is 1.96 bits per heavy atom. The van der Waals surface area contributed by atoms with E-state index in [-0.39, 0.29) is 0 Å². The van der Waals surface area contributed by atoms with Crippen molar-refractivity contribution in [2.45, 2.75) is 64.2 Å². The number of nitrogens with one attached hydrogen (secondary N) is 1. The van der Waals surface area contributed by atoms with Gasteiger partial charge in [-0.3, -0.25) is 4.55 Å². The summed E-state index contributed by atoms with van der Waals surface area (Å²) in [5.41, 5.74) is 1.45. The zero-order valence-electron chi connectivity index (χ0n) is 15.2. The normalized spacial score (nSPS) is 11.7. The second-order valence-corrected chi connectivity index (χ2v) is 9.89. The largest absolute Gasteiger partial charge is 0.319 e. The molecule has 0 saturated carbocycles. The summed E-state index contributed by atoms with van der Waals surface area (Å²) in [7, 11) is -3.30. The molecule has 0 spiro atoms. The fraction of sp³-hybridized carbons (Fsp3) is 0.684. The molecule has 6 heteroatoms. The van der Waals surface area contributed by atoms with E-state index in [9.17, 15) is 8.42 Å². The van der Waals surface area contributed by atoms with E-state index in [1.165, 1.54) is 63.4 Å². The molecule has 0 saturated heterocycles. The molecule has 4 nitrogen and oxygen atoms in total. The maximum absolute atomic E-state index is 10.5.